The molecule has 0 heterocycles. The molecule has 0 saturated heterocycles. The van der Waals surface area contributed by atoms with Gasteiger partial charge in [0.15, 0.2) is 0 Å². The lowest BCUT2D eigenvalue weighted by molar-refractivity contribution is -0.111. The minimum absolute atomic E-state index is 0.140. The molecular formula is C20H21NO2. The van der Waals surface area contributed by atoms with Crippen molar-refractivity contribution in [3.8, 4) is 5.75 Å². The second kappa shape index (κ2) is 7.63. The van der Waals surface area contributed by atoms with E-state index in [1.807, 2.05) is 54.6 Å². The molecule has 0 unspecified atom stereocenters. The summed E-state index contributed by atoms with van der Waals surface area (Å²) in [6, 6.07) is 17.3. The molecule has 118 valence electrons. The number of hydrogen-bond donors (Lipinski definition) is 1. The van der Waals surface area contributed by atoms with Gasteiger partial charge in [0.25, 0.3) is 0 Å². The van der Waals surface area contributed by atoms with Crippen molar-refractivity contribution < 1.29 is 9.53 Å². The molecule has 2 aromatic carbocycles. The average Bonchev–Trinajstić information content (AvgIpc) is 3.09. The fraction of sp³-hybridized carbons (Fsp3) is 0.250. The van der Waals surface area contributed by atoms with Crippen molar-refractivity contribution >= 4 is 17.7 Å². The first-order valence-electron chi connectivity index (χ1n) is 8.10. The lowest BCUT2D eigenvalue weighted by atomic mass is 10.2. The molecule has 0 aliphatic heterocycles. The van der Waals surface area contributed by atoms with Crippen LogP contribution in [0.2, 0.25) is 0 Å². The summed E-state index contributed by atoms with van der Waals surface area (Å²) in [6.07, 6.45) is 8.49. The maximum atomic E-state index is 11.9. The molecule has 0 bridgehead atoms. The number of carbonyl (C=O) groups is 1. The highest BCUT2D eigenvalue weighted by molar-refractivity contribution is 6.01. The molecule has 1 saturated carbocycles. The molecule has 0 spiro atoms. The van der Waals surface area contributed by atoms with Gasteiger partial charge in [0, 0.05) is 11.8 Å². The van der Waals surface area contributed by atoms with Crippen molar-refractivity contribution in [1.82, 2.24) is 0 Å². The number of ether oxygens (including phenoxy) is 1. The Hall–Kier alpha value is -2.55. The van der Waals surface area contributed by atoms with E-state index in [1.54, 1.807) is 6.08 Å². The normalized spacial score (nSPS) is 15.0. The van der Waals surface area contributed by atoms with Crippen molar-refractivity contribution in [2.24, 2.45) is 0 Å². The summed E-state index contributed by atoms with van der Waals surface area (Å²) in [5.74, 6) is 0.730. The summed E-state index contributed by atoms with van der Waals surface area (Å²) in [5.41, 5.74) is 1.77. The summed E-state index contributed by atoms with van der Waals surface area (Å²) in [6.45, 7) is 0. The van der Waals surface area contributed by atoms with Crippen LogP contribution in [-0.4, -0.2) is 12.0 Å². The monoisotopic (exact) mass is 307 g/mol. The Bertz CT molecular complexity index is 656. The van der Waals surface area contributed by atoms with E-state index in [0.717, 1.165) is 29.8 Å². The van der Waals surface area contributed by atoms with Crippen LogP contribution in [-0.2, 0) is 4.79 Å². The molecule has 0 atom stereocenters. The van der Waals surface area contributed by atoms with Crippen LogP contribution in [0.4, 0.5) is 5.69 Å². The Kier molecular flexibility index (Phi) is 5.09. The first kappa shape index (κ1) is 15.3. The largest absolute Gasteiger partial charge is 0.490 e. The lowest BCUT2D eigenvalue weighted by Crippen LogP contribution is -2.11. The minimum Gasteiger partial charge on any atom is -0.490 e. The third-order valence-corrected chi connectivity index (χ3v) is 3.95. The molecule has 1 aliphatic rings. The van der Waals surface area contributed by atoms with Gasteiger partial charge < -0.3 is 10.1 Å². The molecule has 3 nitrogen and oxygen atoms in total. The molecule has 0 aromatic heterocycles. The summed E-state index contributed by atoms with van der Waals surface area (Å²) < 4.78 is 5.91. The molecule has 3 heteroatoms. The number of rotatable bonds is 5. The first-order valence-corrected chi connectivity index (χ1v) is 8.10. The Labute approximate surface area is 137 Å². The second-order valence-electron chi connectivity index (χ2n) is 5.78. The molecule has 1 N–H and O–H groups in total. The molecule has 23 heavy (non-hydrogen) atoms. The number of amides is 1. The number of anilines is 1. The standard InChI is InChI=1S/C20H21NO2/c22-20(15-10-16-6-2-1-3-7-16)21-17-11-13-19(14-12-17)23-18-8-4-5-9-18/h1-3,6-7,10-15,18H,4-5,8-9H2,(H,21,22)/b15-10+. The van der Waals surface area contributed by atoms with Crippen LogP contribution in [0, 0.1) is 0 Å². The predicted octanol–water partition coefficient (Wildman–Crippen LogP) is 4.66. The Morgan fingerprint density at radius 3 is 2.39 bits per heavy atom. The van der Waals surface area contributed by atoms with E-state index in [2.05, 4.69) is 5.32 Å². The first-order chi connectivity index (χ1) is 11.3. The summed E-state index contributed by atoms with van der Waals surface area (Å²) in [5, 5.41) is 2.85. The quantitative estimate of drug-likeness (QED) is 0.816. The van der Waals surface area contributed by atoms with Gasteiger partial charge in [0.1, 0.15) is 5.75 Å². The Balaban J connectivity index is 1.53. The van der Waals surface area contributed by atoms with Crippen LogP contribution in [0.25, 0.3) is 6.08 Å². The summed E-state index contributed by atoms with van der Waals surface area (Å²) in [4.78, 5) is 11.9. The average molecular weight is 307 g/mol. The number of hydrogen-bond acceptors (Lipinski definition) is 2. The third-order valence-electron chi connectivity index (χ3n) is 3.95. The second-order valence-corrected chi connectivity index (χ2v) is 5.78. The fourth-order valence-electron chi connectivity index (χ4n) is 2.74. The van der Waals surface area contributed by atoms with E-state index in [9.17, 15) is 4.79 Å². The van der Waals surface area contributed by atoms with Gasteiger partial charge in [0.2, 0.25) is 5.91 Å². The van der Waals surface area contributed by atoms with E-state index < -0.39 is 0 Å². The number of carbonyl (C=O) groups excluding carboxylic acids is 1. The highest BCUT2D eigenvalue weighted by Gasteiger charge is 2.16. The SMILES string of the molecule is O=C(/C=C/c1ccccc1)Nc1ccc(OC2CCCC2)cc1. The number of nitrogens with one attached hydrogen (secondary N) is 1. The van der Waals surface area contributed by atoms with E-state index in [0.29, 0.717) is 6.10 Å². The van der Waals surface area contributed by atoms with Gasteiger partial charge in [-0.15, -0.1) is 0 Å². The Morgan fingerprint density at radius 2 is 1.70 bits per heavy atom. The minimum atomic E-state index is -0.140. The molecule has 1 amide bonds. The van der Waals surface area contributed by atoms with Gasteiger partial charge in [-0.3, -0.25) is 4.79 Å². The van der Waals surface area contributed by atoms with Crippen molar-refractivity contribution in [1.29, 1.82) is 0 Å². The van der Waals surface area contributed by atoms with Gasteiger partial charge >= 0.3 is 0 Å². The molecule has 3 rings (SSSR count). The van der Waals surface area contributed by atoms with Gasteiger partial charge in [-0.2, -0.15) is 0 Å². The molecule has 1 fully saturated rings. The lowest BCUT2D eigenvalue weighted by Gasteiger charge is -2.13. The molecule has 1 aliphatic carbocycles. The van der Waals surface area contributed by atoms with Gasteiger partial charge in [-0.25, -0.2) is 0 Å². The summed E-state index contributed by atoms with van der Waals surface area (Å²) >= 11 is 0. The van der Waals surface area contributed by atoms with Crippen LogP contribution in [0.15, 0.2) is 60.7 Å². The maximum absolute atomic E-state index is 11.9. The van der Waals surface area contributed by atoms with Crippen LogP contribution in [0.3, 0.4) is 0 Å². The van der Waals surface area contributed by atoms with Crippen molar-refractivity contribution in [3.05, 3.63) is 66.2 Å². The van der Waals surface area contributed by atoms with Gasteiger partial charge in [-0.1, -0.05) is 30.3 Å². The molecule has 2 aromatic rings. The van der Waals surface area contributed by atoms with Crippen molar-refractivity contribution in [2.45, 2.75) is 31.8 Å². The highest BCUT2D eigenvalue weighted by atomic mass is 16.5. The van der Waals surface area contributed by atoms with E-state index in [4.69, 9.17) is 4.74 Å². The van der Waals surface area contributed by atoms with Crippen LogP contribution in [0.5, 0.6) is 5.75 Å². The zero-order valence-corrected chi connectivity index (χ0v) is 13.1. The van der Waals surface area contributed by atoms with E-state index in [1.165, 1.54) is 18.9 Å². The molecular weight excluding hydrogens is 286 g/mol. The van der Waals surface area contributed by atoms with Crippen LogP contribution >= 0.6 is 0 Å². The van der Waals surface area contributed by atoms with Crippen LogP contribution < -0.4 is 10.1 Å². The zero-order valence-electron chi connectivity index (χ0n) is 13.1. The molecule has 0 radical (unpaired) electrons. The van der Waals surface area contributed by atoms with Crippen LogP contribution in [0.1, 0.15) is 31.2 Å². The fourth-order valence-corrected chi connectivity index (χ4v) is 2.74. The van der Waals surface area contributed by atoms with Gasteiger partial charge in [0.05, 0.1) is 6.10 Å². The van der Waals surface area contributed by atoms with E-state index in [-0.39, 0.29) is 5.91 Å². The topological polar surface area (TPSA) is 38.3 Å². The van der Waals surface area contributed by atoms with Gasteiger partial charge in [-0.05, 0) is 61.6 Å². The zero-order chi connectivity index (χ0) is 15.9. The smallest absolute Gasteiger partial charge is 0.248 e. The highest BCUT2D eigenvalue weighted by Crippen LogP contribution is 2.25. The van der Waals surface area contributed by atoms with E-state index >= 15 is 0 Å². The Morgan fingerprint density at radius 1 is 1.00 bits per heavy atom. The predicted molar refractivity (Wildman–Crippen MR) is 93.4 cm³/mol. The third kappa shape index (κ3) is 4.71. The number of benzene rings is 2. The summed E-state index contributed by atoms with van der Waals surface area (Å²) in [7, 11) is 0. The maximum Gasteiger partial charge on any atom is 0.248 e. The van der Waals surface area contributed by atoms with Crippen molar-refractivity contribution in [3.63, 3.8) is 0 Å². The van der Waals surface area contributed by atoms with Crippen molar-refractivity contribution in [2.75, 3.05) is 5.32 Å².